The van der Waals surface area contributed by atoms with Crippen LogP contribution >= 0.6 is 0 Å². The first-order valence-corrected chi connectivity index (χ1v) is 18.8. The predicted molar refractivity (Wildman–Crippen MR) is 238 cm³/mol. The van der Waals surface area contributed by atoms with Crippen LogP contribution in [-0.4, -0.2) is 0 Å². The highest BCUT2D eigenvalue weighted by Gasteiger charge is 2.18. The van der Waals surface area contributed by atoms with E-state index in [0.29, 0.717) is 5.56 Å². The van der Waals surface area contributed by atoms with Crippen LogP contribution in [0.4, 0.5) is 34.1 Å². The van der Waals surface area contributed by atoms with Gasteiger partial charge in [0.25, 0.3) is 0 Å². The van der Waals surface area contributed by atoms with Gasteiger partial charge in [0.2, 0.25) is 0 Å². The van der Waals surface area contributed by atoms with Crippen molar-refractivity contribution in [3.63, 3.8) is 0 Å². The molecule has 0 aliphatic carbocycles. The third-order valence-corrected chi connectivity index (χ3v) is 9.96. The average molecular weight is 721 g/mol. The first-order chi connectivity index (χ1) is 29.5. The number of rotatable bonds is 10. The van der Waals surface area contributed by atoms with Crippen LogP contribution in [0.5, 0.6) is 0 Å². The molecule has 2 nitrogen and oxygen atoms in total. The van der Waals surface area contributed by atoms with Crippen molar-refractivity contribution in [3.05, 3.63) is 243 Å². The highest BCUT2D eigenvalue weighted by molar-refractivity contribution is 5.89. The van der Waals surface area contributed by atoms with Crippen molar-refractivity contribution in [3.8, 4) is 44.5 Å². The van der Waals surface area contributed by atoms with Crippen LogP contribution < -0.4 is 9.80 Å². The molecular formula is C54H40N2. The number of hydrogen-bond acceptors (Lipinski definition) is 2. The Morgan fingerprint density at radius 2 is 0.571 bits per heavy atom. The lowest BCUT2D eigenvalue weighted by atomic mass is 9.99. The topological polar surface area (TPSA) is 6.48 Å². The van der Waals surface area contributed by atoms with Crippen molar-refractivity contribution in [2.24, 2.45) is 0 Å². The standard InChI is InChI=1S/C54H40N2/c1-5-15-41(16-6-1)44-31-37-51(38-32-44)56(54-24-14-13-23-53(54)47-17-7-2-8-18-47)52-39-33-46(34-40-52)43-27-25-42(26-28-43)45-29-35-50(36-30-45)55(48-19-9-3-10-20-48)49-21-11-4-12-22-49/h1-40H/i33D,34D,39D,40D. The molecule has 9 rings (SSSR count). The number of nitrogens with zero attached hydrogens (tertiary/aromatic N) is 2. The van der Waals surface area contributed by atoms with E-state index in [1.54, 1.807) is 0 Å². The van der Waals surface area contributed by atoms with Gasteiger partial charge in [0.05, 0.1) is 11.2 Å². The van der Waals surface area contributed by atoms with E-state index < -0.39 is 0 Å². The van der Waals surface area contributed by atoms with Gasteiger partial charge >= 0.3 is 0 Å². The van der Waals surface area contributed by atoms with E-state index >= 15 is 0 Å². The molecule has 0 N–H and O–H groups in total. The highest BCUT2D eigenvalue weighted by Crippen LogP contribution is 2.42. The zero-order valence-corrected chi connectivity index (χ0v) is 30.7. The van der Waals surface area contributed by atoms with Crippen molar-refractivity contribution < 1.29 is 5.48 Å². The quantitative estimate of drug-likeness (QED) is 0.139. The second-order valence-electron chi connectivity index (χ2n) is 13.5. The number of anilines is 6. The van der Waals surface area contributed by atoms with Gasteiger partial charge in [0, 0.05) is 34.0 Å². The summed E-state index contributed by atoms with van der Waals surface area (Å²) in [4.78, 5) is 4.09. The molecule has 9 aromatic rings. The summed E-state index contributed by atoms with van der Waals surface area (Å²) in [6, 6.07) is 72.4. The molecule has 9 aromatic carbocycles. The molecule has 0 aliphatic heterocycles. The molecule has 0 bridgehead atoms. The van der Waals surface area contributed by atoms with E-state index in [1.807, 2.05) is 163 Å². The molecule has 0 radical (unpaired) electrons. The molecule has 0 aromatic heterocycles. The van der Waals surface area contributed by atoms with E-state index in [1.165, 1.54) is 0 Å². The molecule has 0 unspecified atom stereocenters. The molecule has 0 atom stereocenters. The Labute approximate surface area is 335 Å². The lowest BCUT2D eigenvalue weighted by Crippen LogP contribution is -2.11. The fourth-order valence-corrected chi connectivity index (χ4v) is 7.15. The van der Waals surface area contributed by atoms with Crippen molar-refractivity contribution in [2.45, 2.75) is 0 Å². The fraction of sp³-hybridized carbons (Fsp3) is 0. The summed E-state index contributed by atoms with van der Waals surface area (Å²) in [5.74, 6) is 0. The first-order valence-electron chi connectivity index (χ1n) is 20.8. The Morgan fingerprint density at radius 3 is 1.07 bits per heavy atom. The van der Waals surface area contributed by atoms with Gasteiger partial charge in [0.15, 0.2) is 0 Å². The van der Waals surface area contributed by atoms with Crippen LogP contribution in [0.15, 0.2) is 243 Å². The second-order valence-corrected chi connectivity index (χ2v) is 13.5. The minimum Gasteiger partial charge on any atom is -0.311 e. The zero-order valence-electron chi connectivity index (χ0n) is 34.7. The summed E-state index contributed by atoms with van der Waals surface area (Å²) < 4.78 is 37.8. The summed E-state index contributed by atoms with van der Waals surface area (Å²) >= 11 is 0. The highest BCUT2D eigenvalue weighted by atomic mass is 15.1. The maximum Gasteiger partial charge on any atom is 0.0645 e. The predicted octanol–water partition coefficient (Wildman–Crippen LogP) is 15.3. The van der Waals surface area contributed by atoms with Crippen LogP contribution in [0, 0.1) is 0 Å². The molecule has 56 heavy (non-hydrogen) atoms. The summed E-state index contributed by atoms with van der Waals surface area (Å²) in [5, 5.41) is 0. The SMILES string of the molecule is [2H]c1c([2H])c(N(c2ccc(-c3ccccc3)cc2)c2ccccc2-c2ccccc2)c([2H])c([2H])c1-c1ccc(-c2ccc(N(c3ccccc3)c3ccccc3)cc2)cc1. The smallest absolute Gasteiger partial charge is 0.0645 e. The van der Waals surface area contributed by atoms with Crippen LogP contribution in [0.1, 0.15) is 5.48 Å². The molecule has 0 spiro atoms. The van der Waals surface area contributed by atoms with Crippen LogP contribution in [0.25, 0.3) is 44.5 Å². The van der Waals surface area contributed by atoms with Gasteiger partial charge in [0.1, 0.15) is 0 Å². The summed E-state index contributed by atoms with van der Waals surface area (Å²) in [5.41, 5.74) is 11.7. The number of benzene rings is 9. The Bertz CT molecular complexity index is 2800. The molecule has 0 heterocycles. The van der Waals surface area contributed by atoms with Gasteiger partial charge in [-0.1, -0.05) is 176 Å². The van der Waals surface area contributed by atoms with Crippen LogP contribution in [0.2, 0.25) is 0 Å². The maximum atomic E-state index is 9.52. The molecule has 2 heteroatoms. The molecular weight excluding hydrogens is 677 g/mol. The molecule has 266 valence electrons. The lowest BCUT2D eigenvalue weighted by molar-refractivity contribution is 1.28. The van der Waals surface area contributed by atoms with Gasteiger partial charge < -0.3 is 9.80 Å². The normalized spacial score (nSPS) is 11.9. The third-order valence-electron chi connectivity index (χ3n) is 9.96. The van der Waals surface area contributed by atoms with Gasteiger partial charge in [-0.2, -0.15) is 0 Å². The minimum atomic E-state index is -0.123. The first kappa shape index (κ1) is 30.0. The lowest BCUT2D eigenvalue weighted by Gasteiger charge is -2.28. The number of para-hydroxylation sites is 3. The van der Waals surface area contributed by atoms with Gasteiger partial charge in [-0.3, -0.25) is 0 Å². The summed E-state index contributed by atoms with van der Waals surface area (Å²) in [6.07, 6.45) is 0. The van der Waals surface area contributed by atoms with E-state index in [9.17, 15) is 5.48 Å². The monoisotopic (exact) mass is 720 g/mol. The summed E-state index contributed by atoms with van der Waals surface area (Å²) in [6.45, 7) is 0. The molecule has 0 saturated carbocycles. The third kappa shape index (κ3) is 7.24. The maximum absolute atomic E-state index is 9.52. The van der Waals surface area contributed by atoms with Crippen molar-refractivity contribution in [1.29, 1.82) is 0 Å². The van der Waals surface area contributed by atoms with E-state index in [4.69, 9.17) is 0 Å². The largest absolute Gasteiger partial charge is 0.311 e. The Balaban J connectivity index is 1.09. The molecule has 0 saturated heterocycles. The Hall–Kier alpha value is -7.42. The van der Waals surface area contributed by atoms with Gasteiger partial charge in [-0.15, -0.1) is 0 Å². The van der Waals surface area contributed by atoms with Crippen molar-refractivity contribution >= 4 is 34.1 Å². The van der Waals surface area contributed by atoms with Crippen LogP contribution in [0.3, 0.4) is 0 Å². The molecule has 0 aliphatic rings. The van der Waals surface area contributed by atoms with Crippen LogP contribution in [-0.2, 0) is 0 Å². The Kier molecular flexibility index (Phi) is 8.51. The van der Waals surface area contributed by atoms with E-state index in [-0.39, 0.29) is 35.4 Å². The average Bonchev–Trinajstić information content (AvgIpc) is 3.32. The zero-order chi connectivity index (χ0) is 41.0. The molecule has 0 amide bonds. The van der Waals surface area contributed by atoms with Crippen molar-refractivity contribution in [2.75, 3.05) is 9.80 Å². The van der Waals surface area contributed by atoms with Gasteiger partial charge in [-0.25, -0.2) is 0 Å². The molecule has 0 fully saturated rings. The fourth-order valence-electron chi connectivity index (χ4n) is 7.15. The van der Waals surface area contributed by atoms with Gasteiger partial charge in [-0.05, 0) is 106 Å². The Morgan fingerprint density at radius 1 is 0.232 bits per heavy atom. The number of hydrogen-bond donors (Lipinski definition) is 0. The minimum absolute atomic E-state index is 0.104. The second kappa shape index (κ2) is 15.9. The van der Waals surface area contributed by atoms with E-state index in [0.717, 1.165) is 61.8 Å². The van der Waals surface area contributed by atoms with E-state index in [2.05, 4.69) is 65.6 Å². The van der Waals surface area contributed by atoms with Crippen molar-refractivity contribution in [1.82, 2.24) is 0 Å². The summed E-state index contributed by atoms with van der Waals surface area (Å²) in [7, 11) is 0.